The molecule has 1 aliphatic carbocycles. The fourth-order valence-electron chi connectivity index (χ4n) is 2.45. The number of nitrogens with zero attached hydrogens (tertiary/aromatic N) is 2. The van der Waals surface area contributed by atoms with Gasteiger partial charge in [-0.05, 0) is 30.5 Å². The molecule has 1 saturated heterocycles. The molecule has 2 fully saturated rings. The molecule has 0 spiro atoms. The van der Waals surface area contributed by atoms with Crippen LogP contribution in [0.25, 0.3) is 0 Å². The van der Waals surface area contributed by atoms with Gasteiger partial charge in [0.15, 0.2) is 5.17 Å². The van der Waals surface area contributed by atoms with E-state index in [-0.39, 0.29) is 24.4 Å². The van der Waals surface area contributed by atoms with Crippen molar-refractivity contribution < 1.29 is 9.53 Å². The molecule has 0 radical (unpaired) electrons. The summed E-state index contributed by atoms with van der Waals surface area (Å²) in [5, 5.41) is 4.09. The Kier molecular flexibility index (Phi) is 6.80. The summed E-state index contributed by atoms with van der Waals surface area (Å²) in [6, 6.07) is 8.53. The van der Waals surface area contributed by atoms with Crippen LogP contribution in [0, 0.1) is 0 Å². The molecule has 5 nitrogen and oxygen atoms in total. The molecule has 3 rings (SSSR count). The van der Waals surface area contributed by atoms with Crippen molar-refractivity contribution in [3.8, 4) is 5.75 Å². The smallest absolute Gasteiger partial charge is 0.222 e. The van der Waals surface area contributed by atoms with Crippen LogP contribution in [0.3, 0.4) is 0 Å². The predicted octanol–water partition coefficient (Wildman–Crippen LogP) is 2.69. The first-order chi connectivity index (χ1) is 11.2. The molecule has 1 amide bonds. The molecule has 1 saturated carbocycles. The van der Waals surface area contributed by atoms with Crippen LogP contribution in [0.15, 0.2) is 29.3 Å². The van der Waals surface area contributed by atoms with E-state index in [9.17, 15) is 4.79 Å². The first kappa shape index (κ1) is 18.9. The van der Waals surface area contributed by atoms with Crippen LogP contribution < -0.4 is 10.1 Å². The largest absolute Gasteiger partial charge is 0.497 e. The molecule has 0 aromatic heterocycles. The molecule has 1 heterocycles. The van der Waals surface area contributed by atoms with E-state index in [1.165, 1.54) is 12.8 Å². The molecule has 24 heavy (non-hydrogen) atoms. The summed E-state index contributed by atoms with van der Waals surface area (Å²) in [6.07, 6.45) is 2.94. The van der Waals surface area contributed by atoms with Gasteiger partial charge in [0.2, 0.25) is 5.91 Å². The highest BCUT2D eigenvalue weighted by atomic mass is 35.5. The Morgan fingerprint density at radius 3 is 2.71 bits per heavy atom. The lowest BCUT2D eigenvalue weighted by Crippen LogP contribution is -2.35. The molecule has 1 N–H and O–H groups in total. The Balaban J connectivity index is 0.00000208. The van der Waals surface area contributed by atoms with Gasteiger partial charge in [-0.15, -0.1) is 12.4 Å². The number of hydrogen-bond donors (Lipinski definition) is 1. The number of ether oxygens (including phenoxy) is 1. The molecule has 1 aromatic carbocycles. The average molecular weight is 370 g/mol. The zero-order valence-corrected chi connectivity index (χ0v) is 15.7. The van der Waals surface area contributed by atoms with Gasteiger partial charge in [0.1, 0.15) is 5.75 Å². The van der Waals surface area contributed by atoms with E-state index in [0.717, 1.165) is 22.2 Å². The second-order valence-corrected chi connectivity index (χ2v) is 7.03. The third-order valence-corrected chi connectivity index (χ3v) is 5.37. The number of carbonyl (C=O) groups excluding carboxylic acids is 1. The molecule has 1 aromatic rings. The van der Waals surface area contributed by atoms with Crippen molar-refractivity contribution >= 4 is 35.2 Å². The maximum absolute atomic E-state index is 12.2. The summed E-state index contributed by atoms with van der Waals surface area (Å²) in [5.41, 5.74) is 1.07. The number of carbonyl (C=O) groups is 1. The molecule has 1 unspecified atom stereocenters. The van der Waals surface area contributed by atoms with Gasteiger partial charge in [0.05, 0.1) is 13.2 Å². The summed E-state index contributed by atoms with van der Waals surface area (Å²) in [4.78, 5) is 19.0. The minimum absolute atomic E-state index is 0. The van der Waals surface area contributed by atoms with Crippen LogP contribution in [-0.4, -0.2) is 48.0 Å². The van der Waals surface area contributed by atoms with E-state index < -0.39 is 0 Å². The lowest BCUT2D eigenvalue weighted by atomic mass is 10.2. The van der Waals surface area contributed by atoms with Crippen molar-refractivity contribution in [2.24, 2.45) is 4.99 Å². The number of amides is 1. The van der Waals surface area contributed by atoms with Gasteiger partial charge in [0.25, 0.3) is 0 Å². The van der Waals surface area contributed by atoms with E-state index in [2.05, 4.69) is 10.2 Å². The maximum Gasteiger partial charge on any atom is 0.222 e. The number of benzene rings is 1. The fourth-order valence-corrected chi connectivity index (χ4v) is 3.71. The van der Waals surface area contributed by atoms with Crippen molar-refractivity contribution in [3.63, 3.8) is 0 Å². The van der Waals surface area contributed by atoms with Gasteiger partial charge in [0, 0.05) is 31.8 Å². The molecule has 7 heteroatoms. The minimum atomic E-state index is 0. The second kappa shape index (κ2) is 8.62. The Morgan fingerprint density at radius 1 is 1.38 bits per heavy atom. The van der Waals surface area contributed by atoms with Gasteiger partial charge < -0.3 is 15.0 Å². The predicted molar refractivity (Wildman–Crippen MR) is 101 cm³/mol. The first-order valence-corrected chi connectivity index (χ1v) is 8.97. The van der Waals surface area contributed by atoms with E-state index in [1.54, 1.807) is 18.9 Å². The quantitative estimate of drug-likeness (QED) is 0.837. The van der Waals surface area contributed by atoms with Crippen LogP contribution in [0.4, 0.5) is 0 Å². The van der Waals surface area contributed by atoms with E-state index in [0.29, 0.717) is 19.0 Å². The number of methoxy groups -OCH3 is 1. The van der Waals surface area contributed by atoms with Crippen LogP contribution in [0.2, 0.25) is 0 Å². The summed E-state index contributed by atoms with van der Waals surface area (Å²) in [7, 11) is 3.69. The van der Waals surface area contributed by atoms with Crippen LogP contribution >= 0.6 is 24.2 Å². The number of aliphatic imine (C=N–C) groups is 1. The second-order valence-electron chi connectivity index (χ2n) is 6.05. The third kappa shape index (κ3) is 5.05. The van der Waals surface area contributed by atoms with Gasteiger partial charge in [-0.3, -0.25) is 9.79 Å². The zero-order chi connectivity index (χ0) is 16.2. The van der Waals surface area contributed by atoms with Crippen molar-refractivity contribution in [1.29, 1.82) is 0 Å². The Hall–Kier alpha value is -1.40. The average Bonchev–Trinajstić information content (AvgIpc) is 3.33. The molecule has 0 bridgehead atoms. The Morgan fingerprint density at radius 2 is 2.08 bits per heavy atom. The van der Waals surface area contributed by atoms with Crippen LogP contribution in [0.1, 0.15) is 24.8 Å². The molecule has 1 atom stereocenters. The summed E-state index contributed by atoms with van der Waals surface area (Å²) in [6.45, 7) is 0.551. The lowest BCUT2D eigenvalue weighted by Gasteiger charge is -2.20. The fraction of sp³-hybridized carbons (Fsp3) is 0.529. The number of nitrogens with one attached hydrogen (secondary N) is 1. The SMILES string of the molecule is COc1ccc(CNC(=O)CC2CS/C(=N\C3CC3)N2C)cc1.Cl. The number of rotatable bonds is 6. The molecular formula is C17H24ClN3O2S. The van der Waals surface area contributed by atoms with Crippen molar-refractivity contribution in [3.05, 3.63) is 29.8 Å². The van der Waals surface area contributed by atoms with E-state index >= 15 is 0 Å². The van der Waals surface area contributed by atoms with E-state index in [4.69, 9.17) is 9.73 Å². The van der Waals surface area contributed by atoms with Gasteiger partial charge in [-0.25, -0.2) is 0 Å². The summed E-state index contributed by atoms with van der Waals surface area (Å²) < 4.78 is 5.13. The van der Waals surface area contributed by atoms with Crippen molar-refractivity contribution in [1.82, 2.24) is 10.2 Å². The minimum Gasteiger partial charge on any atom is -0.497 e. The maximum atomic E-state index is 12.2. The molecule has 132 valence electrons. The van der Waals surface area contributed by atoms with Gasteiger partial charge in [-0.1, -0.05) is 23.9 Å². The number of hydrogen-bond acceptors (Lipinski definition) is 4. The topological polar surface area (TPSA) is 53.9 Å². The first-order valence-electron chi connectivity index (χ1n) is 7.99. The number of thioether (sulfide) groups is 1. The number of amidine groups is 1. The van der Waals surface area contributed by atoms with Crippen LogP contribution in [0.5, 0.6) is 5.75 Å². The van der Waals surface area contributed by atoms with E-state index in [1.807, 2.05) is 31.3 Å². The molecular weight excluding hydrogens is 346 g/mol. The standard InChI is InChI=1S/C17H23N3O2S.ClH/c1-20-14(11-23-17(20)19-13-5-6-13)9-16(21)18-10-12-3-7-15(22-2)8-4-12;/h3-4,7-8,13-14H,5-6,9-11H2,1-2H3,(H,18,21);1H/b19-17-;. The third-order valence-electron chi connectivity index (χ3n) is 4.16. The van der Waals surface area contributed by atoms with Crippen LogP contribution in [-0.2, 0) is 11.3 Å². The van der Waals surface area contributed by atoms with Crippen molar-refractivity contribution in [2.45, 2.75) is 37.9 Å². The molecule has 1 aliphatic heterocycles. The highest BCUT2D eigenvalue weighted by Gasteiger charge is 2.31. The van der Waals surface area contributed by atoms with Gasteiger partial charge in [-0.2, -0.15) is 0 Å². The summed E-state index contributed by atoms with van der Waals surface area (Å²) >= 11 is 1.77. The Bertz CT molecular complexity index is 590. The number of halogens is 1. The monoisotopic (exact) mass is 369 g/mol. The molecule has 2 aliphatic rings. The van der Waals surface area contributed by atoms with Crippen molar-refractivity contribution in [2.75, 3.05) is 19.9 Å². The highest BCUT2D eigenvalue weighted by molar-refractivity contribution is 8.14. The Labute approximate surface area is 153 Å². The normalized spacial score (nSPS) is 21.5. The lowest BCUT2D eigenvalue weighted by molar-refractivity contribution is -0.121. The zero-order valence-electron chi connectivity index (χ0n) is 14.0. The summed E-state index contributed by atoms with van der Waals surface area (Å²) in [5.74, 6) is 1.86. The van der Waals surface area contributed by atoms with Gasteiger partial charge >= 0.3 is 0 Å². The highest BCUT2D eigenvalue weighted by Crippen LogP contribution is 2.30.